The fourth-order valence-electron chi connectivity index (χ4n) is 2.52. The molecule has 0 bridgehead atoms. The van der Waals surface area contributed by atoms with E-state index in [0.717, 1.165) is 6.04 Å². The van der Waals surface area contributed by atoms with E-state index in [1.807, 2.05) is 22.7 Å². The fraction of sp³-hybridized carbons (Fsp3) is 0.769. The van der Waals surface area contributed by atoms with Gasteiger partial charge in [0.2, 0.25) is 0 Å². The van der Waals surface area contributed by atoms with Crippen LogP contribution in [0.25, 0.3) is 0 Å². The number of halogens is 1. The van der Waals surface area contributed by atoms with Gasteiger partial charge in [-0.2, -0.15) is 0 Å². The molecule has 1 aliphatic rings. The van der Waals surface area contributed by atoms with Gasteiger partial charge in [-0.3, -0.25) is 0 Å². The van der Waals surface area contributed by atoms with Gasteiger partial charge in [-0.1, -0.05) is 48.9 Å². The maximum absolute atomic E-state index is 8.49. The Balaban J connectivity index is 0.000000383. The molecule has 1 aromatic rings. The highest BCUT2D eigenvalue weighted by Crippen LogP contribution is 2.17. The van der Waals surface area contributed by atoms with Gasteiger partial charge in [0.05, 0.1) is 0 Å². The van der Waals surface area contributed by atoms with Gasteiger partial charge in [0.1, 0.15) is 6.54 Å². The van der Waals surface area contributed by atoms with Crippen LogP contribution in [0.4, 0.5) is 0 Å². The van der Waals surface area contributed by atoms with Crippen LogP contribution in [-0.2, 0) is 0 Å². The Kier molecular flexibility index (Phi) is 8.96. The van der Waals surface area contributed by atoms with E-state index in [4.69, 9.17) is 18.6 Å². The summed E-state index contributed by atoms with van der Waals surface area (Å²) in [7, 11) is -4.94. The highest BCUT2D eigenvalue weighted by Gasteiger charge is 2.27. The van der Waals surface area contributed by atoms with E-state index in [1.54, 1.807) is 0 Å². The summed E-state index contributed by atoms with van der Waals surface area (Å²) in [5.74, 6) is 0. The molecule has 0 spiro atoms. The second kappa shape index (κ2) is 9.89. The van der Waals surface area contributed by atoms with Crippen LogP contribution in [-0.4, -0.2) is 12.6 Å². The molecule has 1 atom stereocenters. The van der Waals surface area contributed by atoms with Crippen LogP contribution in [0.1, 0.15) is 51.9 Å². The van der Waals surface area contributed by atoms with E-state index in [2.05, 4.69) is 22.3 Å². The van der Waals surface area contributed by atoms with Gasteiger partial charge in [0, 0.05) is 30.0 Å². The van der Waals surface area contributed by atoms with Crippen LogP contribution in [0, 0.1) is 10.2 Å². The third-order valence-corrected chi connectivity index (χ3v) is 5.56. The van der Waals surface area contributed by atoms with Gasteiger partial charge >= 0.3 is 3.98 Å². The fourth-order valence-corrected chi connectivity index (χ4v) is 4.50. The summed E-state index contributed by atoms with van der Waals surface area (Å²) >= 11 is 3.82. The first-order valence-corrected chi connectivity index (χ1v) is 10.1. The Morgan fingerprint density at radius 1 is 1.14 bits per heavy atom. The van der Waals surface area contributed by atoms with Gasteiger partial charge < -0.3 is 0 Å². The minimum Gasteiger partial charge on any atom is -0.222 e. The first-order valence-electron chi connectivity index (χ1n) is 7.15. The van der Waals surface area contributed by atoms with Crippen LogP contribution in [0.15, 0.2) is 10.8 Å². The molecule has 21 heavy (non-hydrogen) atoms. The molecule has 0 aliphatic carbocycles. The maximum Gasteiger partial charge on any atom is 0.314 e. The first kappa shape index (κ1) is 19.0. The third-order valence-electron chi connectivity index (χ3n) is 3.40. The van der Waals surface area contributed by atoms with E-state index in [-0.39, 0.29) is 0 Å². The van der Waals surface area contributed by atoms with Crippen LogP contribution in [0.2, 0.25) is 0 Å². The largest absolute Gasteiger partial charge is 0.314 e. The molecule has 122 valence electrons. The number of hydrogen-bond donors (Lipinski definition) is 0. The lowest BCUT2D eigenvalue weighted by Crippen LogP contribution is -2.68. The average molecular weight is 356 g/mol. The van der Waals surface area contributed by atoms with E-state index in [1.165, 1.54) is 55.5 Å². The second-order valence-corrected chi connectivity index (χ2v) is 7.79. The molecule has 1 aromatic heterocycles. The summed E-state index contributed by atoms with van der Waals surface area (Å²) in [5.41, 5.74) is 0. The van der Waals surface area contributed by atoms with Crippen molar-refractivity contribution in [3.05, 3.63) is 14.7 Å². The number of unbranched alkanes of at least 4 members (excludes halogenated alkanes) is 3. The third kappa shape index (κ3) is 8.87. The zero-order valence-corrected chi connectivity index (χ0v) is 14.6. The van der Waals surface area contributed by atoms with Crippen molar-refractivity contribution in [2.75, 3.05) is 6.54 Å². The Hall–Kier alpha value is -0.0200. The molecule has 8 heteroatoms. The SMILES string of the molecule is CCCCCCC1CCC[N+]1=c1sccs1.[O-][Cl+3]([O-])([O-])[O-]. The Bertz CT molecular complexity index is 433. The predicted molar refractivity (Wildman–Crippen MR) is 74.1 cm³/mol. The molecule has 2 heterocycles. The number of hydrogen-bond acceptors (Lipinski definition) is 6. The van der Waals surface area contributed by atoms with Crippen molar-refractivity contribution in [2.45, 2.75) is 57.9 Å². The molecule has 1 fully saturated rings. The smallest absolute Gasteiger partial charge is 0.222 e. The Morgan fingerprint density at radius 2 is 1.76 bits per heavy atom. The predicted octanol–water partition coefficient (Wildman–Crippen LogP) is -1.04. The molecule has 0 amide bonds. The molecule has 1 aliphatic heterocycles. The van der Waals surface area contributed by atoms with Crippen molar-refractivity contribution in [2.24, 2.45) is 0 Å². The standard InChI is InChI=1S/C13H22NS2.ClHO4/c1-2-3-4-5-7-12-8-6-9-14(12)13-15-10-11-16-13;2-1(3,4)5/h10-12H,2-9H2,1H3;(H,2,3,4,5)/q+1;/p-1. The lowest BCUT2D eigenvalue weighted by atomic mass is 10.1. The second-order valence-electron chi connectivity index (χ2n) is 4.99. The highest BCUT2D eigenvalue weighted by atomic mass is 35.7. The van der Waals surface area contributed by atoms with Crippen molar-refractivity contribution >= 4 is 22.7 Å². The lowest BCUT2D eigenvalue weighted by molar-refractivity contribution is -2.00. The molecule has 1 unspecified atom stereocenters. The highest BCUT2D eigenvalue weighted by molar-refractivity contribution is 7.24. The van der Waals surface area contributed by atoms with Gasteiger partial charge in [0.25, 0.3) is 0 Å². The van der Waals surface area contributed by atoms with Crippen LogP contribution < -0.4 is 27.2 Å². The quantitative estimate of drug-likeness (QED) is 0.498. The molecule has 0 radical (unpaired) electrons. The van der Waals surface area contributed by atoms with Crippen molar-refractivity contribution < 1.29 is 28.9 Å². The summed E-state index contributed by atoms with van der Waals surface area (Å²) in [6.45, 7) is 3.57. The molecular formula is C13H22ClNO4S2. The summed E-state index contributed by atoms with van der Waals surface area (Å²) in [6.07, 6.45) is 9.82. The van der Waals surface area contributed by atoms with Crippen molar-refractivity contribution in [1.82, 2.24) is 4.58 Å². The lowest BCUT2D eigenvalue weighted by Gasteiger charge is -2.17. The molecular weight excluding hydrogens is 334 g/mol. The normalized spacial score (nSPS) is 18.5. The molecule has 2 rings (SSSR count). The Morgan fingerprint density at radius 3 is 2.33 bits per heavy atom. The van der Waals surface area contributed by atoms with Crippen LogP contribution in [0.3, 0.4) is 0 Å². The Labute approximate surface area is 135 Å². The maximum atomic E-state index is 8.49. The van der Waals surface area contributed by atoms with E-state index >= 15 is 0 Å². The van der Waals surface area contributed by atoms with E-state index in [9.17, 15) is 0 Å². The van der Waals surface area contributed by atoms with Crippen molar-refractivity contribution in [3.8, 4) is 0 Å². The van der Waals surface area contributed by atoms with E-state index < -0.39 is 10.2 Å². The molecule has 0 aromatic carbocycles. The monoisotopic (exact) mass is 355 g/mol. The number of nitrogens with zero attached hydrogens (tertiary/aromatic N) is 1. The molecule has 1 saturated heterocycles. The minimum atomic E-state index is -4.94. The summed E-state index contributed by atoms with van der Waals surface area (Å²) in [6, 6.07) is 0.840. The topological polar surface area (TPSA) is 95.2 Å². The minimum absolute atomic E-state index is 0.840. The van der Waals surface area contributed by atoms with Gasteiger partial charge in [-0.05, 0) is 6.42 Å². The van der Waals surface area contributed by atoms with E-state index in [0.29, 0.717) is 0 Å². The summed E-state index contributed by atoms with van der Waals surface area (Å²) < 4.78 is 38.2. The van der Waals surface area contributed by atoms with Gasteiger partial charge in [-0.25, -0.2) is 23.2 Å². The van der Waals surface area contributed by atoms with Crippen LogP contribution in [0.5, 0.6) is 0 Å². The molecule has 5 nitrogen and oxygen atoms in total. The van der Waals surface area contributed by atoms with Crippen LogP contribution >= 0.6 is 22.7 Å². The summed E-state index contributed by atoms with van der Waals surface area (Å²) in [4.78, 5) is 0. The zero-order chi connectivity index (χ0) is 15.7. The zero-order valence-electron chi connectivity index (χ0n) is 12.2. The average Bonchev–Trinajstić information content (AvgIpc) is 3.02. The first-order chi connectivity index (χ1) is 9.92. The molecule has 0 saturated carbocycles. The van der Waals surface area contributed by atoms with Gasteiger partial charge in [-0.15, -0.1) is 10.2 Å². The number of rotatable bonds is 5. The molecule has 0 N–H and O–H groups in total. The van der Waals surface area contributed by atoms with Gasteiger partial charge in [0.15, 0.2) is 6.04 Å². The van der Waals surface area contributed by atoms with Crippen molar-refractivity contribution in [1.29, 1.82) is 0 Å². The summed E-state index contributed by atoms with van der Waals surface area (Å²) in [5, 5.41) is 4.43. The van der Waals surface area contributed by atoms with Crippen molar-refractivity contribution in [3.63, 3.8) is 0 Å².